The van der Waals surface area contributed by atoms with Crippen LogP contribution in [0.4, 0.5) is 5.69 Å². The molecular weight excluding hydrogens is 266 g/mol. The molecule has 0 unspecified atom stereocenters. The van der Waals surface area contributed by atoms with Gasteiger partial charge < -0.3 is 16.0 Å². The molecule has 112 valence electrons. The summed E-state index contributed by atoms with van der Waals surface area (Å²) in [4.78, 5) is 23.7. The monoisotopic (exact) mass is 287 g/mol. The van der Waals surface area contributed by atoms with E-state index in [9.17, 15) is 9.59 Å². The van der Waals surface area contributed by atoms with Crippen LogP contribution < -0.4 is 16.0 Å². The molecule has 0 aromatic heterocycles. The second-order valence-electron chi connectivity index (χ2n) is 5.83. The van der Waals surface area contributed by atoms with Crippen LogP contribution in [0, 0.1) is 5.92 Å². The van der Waals surface area contributed by atoms with Gasteiger partial charge in [-0.25, -0.2) is 0 Å². The Bertz CT molecular complexity index is 534. The zero-order valence-corrected chi connectivity index (χ0v) is 12.0. The molecule has 21 heavy (non-hydrogen) atoms. The van der Waals surface area contributed by atoms with Gasteiger partial charge in [-0.15, -0.1) is 0 Å². The van der Waals surface area contributed by atoms with Crippen molar-refractivity contribution in [3.8, 4) is 0 Å². The van der Waals surface area contributed by atoms with E-state index in [2.05, 4.69) is 16.0 Å². The standard InChI is InChI=1S/C16H21N3O2/c20-15(12-6-7-12)19-13-4-1-3-11(9-13)10-18-16(21)14-5-2-8-17-14/h1,3-4,9,12,14,17H,2,5-8,10H2,(H,18,21)(H,19,20)/t14-/m1/s1. The lowest BCUT2D eigenvalue weighted by Crippen LogP contribution is -2.40. The number of anilines is 1. The summed E-state index contributed by atoms with van der Waals surface area (Å²) in [5.74, 6) is 0.355. The van der Waals surface area contributed by atoms with Gasteiger partial charge >= 0.3 is 0 Å². The first kappa shape index (κ1) is 14.1. The Hall–Kier alpha value is -1.88. The quantitative estimate of drug-likeness (QED) is 0.767. The molecule has 2 aliphatic rings. The number of hydrogen-bond donors (Lipinski definition) is 3. The van der Waals surface area contributed by atoms with Crippen LogP contribution in [-0.4, -0.2) is 24.4 Å². The molecule has 0 spiro atoms. The average molecular weight is 287 g/mol. The van der Waals surface area contributed by atoms with Gasteiger partial charge in [0.15, 0.2) is 0 Å². The average Bonchev–Trinajstić information content (AvgIpc) is 3.20. The van der Waals surface area contributed by atoms with E-state index in [1.165, 1.54) is 0 Å². The van der Waals surface area contributed by atoms with Crippen molar-refractivity contribution in [2.75, 3.05) is 11.9 Å². The second-order valence-corrected chi connectivity index (χ2v) is 5.83. The highest BCUT2D eigenvalue weighted by molar-refractivity contribution is 5.94. The Morgan fingerprint density at radius 2 is 2.05 bits per heavy atom. The van der Waals surface area contributed by atoms with Crippen LogP contribution in [0.3, 0.4) is 0 Å². The SMILES string of the molecule is O=C(Nc1cccc(CNC(=O)[C@H]2CCCN2)c1)C1CC1. The molecule has 1 heterocycles. The van der Waals surface area contributed by atoms with E-state index in [0.717, 1.165) is 43.5 Å². The fourth-order valence-electron chi connectivity index (χ4n) is 2.57. The molecule has 2 fully saturated rings. The fourth-order valence-corrected chi connectivity index (χ4v) is 2.57. The van der Waals surface area contributed by atoms with Gasteiger partial charge in [-0.05, 0) is 49.9 Å². The molecule has 1 aliphatic heterocycles. The topological polar surface area (TPSA) is 70.2 Å². The van der Waals surface area contributed by atoms with E-state index in [4.69, 9.17) is 0 Å². The van der Waals surface area contributed by atoms with Gasteiger partial charge in [0.1, 0.15) is 0 Å². The normalized spacial score (nSPS) is 21.0. The Labute approximate surface area is 124 Å². The van der Waals surface area contributed by atoms with Crippen molar-refractivity contribution in [1.29, 1.82) is 0 Å². The minimum Gasteiger partial charge on any atom is -0.351 e. The fraction of sp³-hybridized carbons (Fsp3) is 0.500. The zero-order valence-electron chi connectivity index (χ0n) is 12.0. The summed E-state index contributed by atoms with van der Waals surface area (Å²) in [6.07, 6.45) is 3.95. The maximum Gasteiger partial charge on any atom is 0.237 e. The van der Waals surface area contributed by atoms with Gasteiger partial charge in [0, 0.05) is 18.2 Å². The van der Waals surface area contributed by atoms with Crippen molar-refractivity contribution in [3.05, 3.63) is 29.8 Å². The minimum absolute atomic E-state index is 0.0530. The van der Waals surface area contributed by atoms with Crippen LogP contribution in [0.2, 0.25) is 0 Å². The first-order valence-electron chi connectivity index (χ1n) is 7.63. The Morgan fingerprint density at radius 1 is 1.19 bits per heavy atom. The summed E-state index contributed by atoms with van der Waals surface area (Å²) in [6.45, 7) is 1.41. The van der Waals surface area contributed by atoms with Gasteiger partial charge in [0.05, 0.1) is 6.04 Å². The molecule has 1 aliphatic carbocycles. The minimum atomic E-state index is -0.0530. The van der Waals surface area contributed by atoms with Crippen LogP contribution in [-0.2, 0) is 16.1 Å². The van der Waals surface area contributed by atoms with Gasteiger partial charge in [0.2, 0.25) is 11.8 Å². The third kappa shape index (κ3) is 3.82. The highest BCUT2D eigenvalue weighted by atomic mass is 16.2. The van der Waals surface area contributed by atoms with Crippen LogP contribution >= 0.6 is 0 Å². The van der Waals surface area contributed by atoms with Gasteiger partial charge in [-0.3, -0.25) is 9.59 Å². The number of amides is 2. The zero-order chi connectivity index (χ0) is 14.7. The molecule has 1 aromatic rings. The third-order valence-corrected chi connectivity index (χ3v) is 3.99. The van der Waals surface area contributed by atoms with Crippen molar-refractivity contribution >= 4 is 17.5 Å². The van der Waals surface area contributed by atoms with Gasteiger partial charge in [0.25, 0.3) is 0 Å². The molecule has 0 bridgehead atoms. The van der Waals surface area contributed by atoms with Crippen molar-refractivity contribution in [3.63, 3.8) is 0 Å². The summed E-state index contributed by atoms with van der Waals surface area (Å²) in [5, 5.41) is 9.05. The van der Waals surface area contributed by atoms with E-state index in [-0.39, 0.29) is 23.8 Å². The van der Waals surface area contributed by atoms with Crippen molar-refractivity contribution in [2.45, 2.75) is 38.3 Å². The number of nitrogens with one attached hydrogen (secondary N) is 3. The molecule has 5 nitrogen and oxygen atoms in total. The highest BCUT2D eigenvalue weighted by Crippen LogP contribution is 2.30. The summed E-state index contributed by atoms with van der Waals surface area (Å²) in [7, 11) is 0. The second kappa shape index (κ2) is 6.26. The number of carbonyl (C=O) groups excluding carboxylic acids is 2. The predicted molar refractivity (Wildman–Crippen MR) is 80.7 cm³/mol. The Balaban J connectivity index is 1.52. The smallest absolute Gasteiger partial charge is 0.237 e. The third-order valence-electron chi connectivity index (χ3n) is 3.99. The molecule has 1 atom stereocenters. The predicted octanol–water partition coefficient (Wildman–Crippen LogP) is 1.40. The van der Waals surface area contributed by atoms with Gasteiger partial charge in [-0.1, -0.05) is 12.1 Å². The van der Waals surface area contributed by atoms with Crippen LogP contribution in [0.25, 0.3) is 0 Å². The van der Waals surface area contributed by atoms with Crippen molar-refractivity contribution in [2.24, 2.45) is 5.92 Å². The molecule has 3 rings (SSSR count). The molecule has 1 aromatic carbocycles. The summed E-state index contributed by atoms with van der Waals surface area (Å²) in [6, 6.07) is 7.60. The molecule has 3 N–H and O–H groups in total. The van der Waals surface area contributed by atoms with E-state index < -0.39 is 0 Å². The van der Waals surface area contributed by atoms with E-state index in [0.29, 0.717) is 6.54 Å². The largest absolute Gasteiger partial charge is 0.351 e. The number of carbonyl (C=O) groups is 2. The molecule has 1 saturated heterocycles. The van der Waals surface area contributed by atoms with Gasteiger partial charge in [-0.2, -0.15) is 0 Å². The molecular formula is C16H21N3O2. The van der Waals surface area contributed by atoms with Crippen LogP contribution in [0.5, 0.6) is 0 Å². The number of hydrogen-bond acceptors (Lipinski definition) is 3. The Kier molecular flexibility index (Phi) is 4.20. The van der Waals surface area contributed by atoms with E-state index >= 15 is 0 Å². The molecule has 1 saturated carbocycles. The van der Waals surface area contributed by atoms with E-state index in [1.807, 2.05) is 24.3 Å². The number of rotatable bonds is 5. The maximum absolute atomic E-state index is 11.9. The van der Waals surface area contributed by atoms with Crippen LogP contribution in [0.1, 0.15) is 31.2 Å². The lowest BCUT2D eigenvalue weighted by atomic mass is 10.1. The first-order chi connectivity index (χ1) is 10.2. The highest BCUT2D eigenvalue weighted by Gasteiger charge is 2.29. The lowest BCUT2D eigenvalue weighted by molar-refractivity contribution is -0.123. The summed E-state index contributed by atoms with van der Waals surface area (Å²) in [5.41, 5.74) is 1.80. The molecule has 0 radical (unpaired) electrons. The van der Waals surface area contributed by atoms with E-state index in [1.54, 1.807) is 0 Å². The summed E-state index contributed by atoms with van der Waals surface area (Å²) >= 11 is 0. The lowest BCUT2D eigenvalue weighted by Gasteiger charge is -2.12. The number of benzene rings is 1. The summed E-state index contributed by atoms with van der Waals surface area (Å²) < 4.78 is 0. The van der Waals surface area contributed by atoms with Crippen LogP contribution in [0.15, 0.2) is 24.3 Å². The first-order valence-corrected chi connectivity index (χ1v) is 7.63. The maximum atomic E-state index is 11.9. The van der Waals surface area contributed by atoms with Crippen molar-refractivity contribution in [1.82, 2.24) is 10.6 Å². The molecule has 5 heteroatoms. The van der Waals surface area contributed by atoms with Crippen molar-refractivity contribution < 1.29 is 9.59 Å². The Morgan fingerprint density at radius 3 is 2.76 bits per heavy atom. The molecule has 2 amide bonds.